The highest BCUT2D eigenvalue weighted by atomic mass is 16.7. The molecule has 1 heterocycles. The lowest BCUT2D eigenvalue weighted by Gasteiger charge is -2.62. The van der Waals surface area contributed by atoms with Gasteiger partial charge < -0.3 is 19.7 Å². The zero-order valence-electron chi connectivity index (χ0n) is 17.0. The smallest absolute Gasteiger partial charge is 0.168 e. The van der Waals surface area contributed by atoms with Crippen molar-refractivity contribution < 1.29 is 19.7 Å². The molecule has 4 aliphatic carbocycles. The van der Waals surface area contributed by atoms with E-state index in [1.807, 2.05) is 0 Å². The van der Waals surface area contributed by atoms with Gasteiger partial charge in [0.15, 0.2) is 5.79 Å². The Balaban J connectivity index is 1.38. The van der Waals surface area contributed by atoms with Crippen LogP contribution in [0.2, 0.25) is 0 Å². The van der Waals surface area contributed by atoms with Crippen LogP contribution in [-0.2, 0) is 9.47 Å². The van der Waals surface area contributed by atoms with E-state index in [1.54, 1.807) is 0 Å². The van der Waals surface area contributed by atoms with Gasteiger partial charge in [-0.25, -0.2) is 0 Å². The first-order chi connectivity index (χ1) is 13.0. The van der Waals surface area contributed by atoms with E-state index in [0.717, 1.165) is 63.1 Å². The molecule has 0 radical (unpaired) electrons. The van der Waals surface area contributed by atoms with Crippen molar-refractivity contribution in [2.45, 2.75) is 89.4 Å². The fourth-order valence-electron chi connectivity index (χ4n) is 8.62. The quantitative estimate of drug-likeness (QED) is 0.782. The first-order valence-corrected chi connectivity index (χ1v) is 11.6. The zero-order valence-corrected chi connectivity index (χ0v) is 17.0. The van der Waals surface area contributed by atoms with Gasteiger partial charge in [0.2, 0.25) is 0 Å². The molecule has 5 rings (SSSR count). The summed E-state index contributed by atoms with van der Waals surface area (Å²) in [6.45, 7) is 4.37. The molecule has 4 nitrogen and oxygen atoms in total. The molecule has 7 atom stereocenters. The summed E-state index contributed by atoms with van der Waals surface area (Å²) in [6.07, 6.45) is 12.3. The Morgan fingerprint density at radius 3 is 2.52 bits per heavy atom. The van der Waals surface area contributed by atoms with Gasteiger partial charge >= 0.3 is 0 Å². The van der Waals surface area contributed by atoms with Crippen LogP contribution in [0.15, 0.2) is 0 Å². The molecular formula is C23H38O4. The summed E-state index contributed by atoms with van der Waals surface area (Å²) in [5, 5.41) is 20.3. The summed E-state index contributed by atoms with van der Waals surface area (Å²) >= 11 is 0. The summed E-state index contributed by atoms with van der Waals surface area (Å²) < 4.78 is 12.2. The second-order valence-electron chi connectivity index (χ2n) is 10.7. The van der Waals surface area contributed by atoms with Gasteiger partial charge in [-0.1, -0.05) is 6.92 Å². The normalized spacial score (nSPS) is 51.0. The largest absolute Gasteiger partial charge is 0.396 e. The van der Waals surface area contributed by atoms with Gasteiger partial charge in [0.25, 0.3) is 0 Å². The number of fused-ring (bicyclic) bond motifs is 5. The summed E-state index contributed by atoms with van der Waals surface area (Å²) in [6, 6.07) is 0. The maximum absolute atomic E-state index is 10.9. The molecular weight excluding hydrogens is 340 g/mol. The molecule has 5 unspecified atom stereocenters. The van der Waals surface area contributed by atoms with E-state index in [2.05, 4.69) is 6.92 Å². The Morgan fingerprint density at radius 1 is 0.926 bits per heavy atom. The molecule has 1 aliphatic heterocycles. The van der Waals surface area contributed by atoms with Gasteiger partial charge in [-0.05, 0) is 92.3 Å². The van der Waals surface area contributed by atoms with Crippen LogP contribution in [0.4, 0.5) is 0 Å². The topological polar surface area (TPSA) is 58.9 Å². The molecule has 5 aliphatic rings. The summed E-state index contributed by atoms with van der Waals surface area (Å²) in [7, 11) is 0. The van der Waals surface area contributed by atoms with Crippen molar-refractivity contribution in [3.63, 3.8) is 0 Å². The zero-order chi connectivity index (χ0) is 18.7. The fraction of sp³-hybridized carbons (Fsp3) is 1.00. The number of hydrogen-bond acceptors (Lipinski definition) is 4. The van der Waals surface area contributed by atoms with E-state index in [4.69, 9.17) is 9.47 Å². The van der Waals surface area contributed by atoms with Crippen LogP contribution in [0.5, 0.6) is 0 Å². The maximum atomic E-state index is 10.9. The van der Waals surface area contributed by atoms with Crippen molar-refractivity contribution in [1.29, 1.82) is 0 Å². The van der Waals surface area contributed by atoms with Gasteiger partial charge in [-0.3, -0.25) is 0 Å². The van der Waals surface area contributed by atoms with Crippen molar-refractivity contribution in [2.75, 3.05) is 19.8 Å². The minimum absolute atomic E-state index is 0.0979. The predicted octanol–water partition coefficient (Wildman–Crippen LogP) is 3.89. The number of hydrogen-bond donors (Lipinski definition) is 2. The lowest BCUT2D eigenvalue weighted by Crippen LogP contribution is -2.57. The van der Waals surface area contributed by atoms with E-state index in [-0.39, 0.29) is 23.9 Å². The standard InChI is InChI=1S/C23H38O4/c1-21-10-11-23(26-13-14-27-23)15-16(21)3-4-17-18(21)7-9-22(8-2-12-24)19(17)5-6-20(22)25/h16-20,24-25H,2-15H2,1H3/t16?,17?,18?,19?,20-,21-,22?/m0/s1. The third kappa shape index (κ3) is 2.69. The van der Waals surface area contributed by atoms with Gasteiger partial charge in [-0.15, -0.1) is 0 Å². The first-order valence-electron chi connectivity index (χ1n) is 11.6. The summed E-state index contributed by atoms with van der Waals surface area (Å²) in [4.78, 5) is 0. The first kappa shape index (κ1) is 18.8. The van der Waals surface area contributed by atoms with Gasteiger partial charge in [-0.2, -0.15) is 0 Å². The summed E-state index contributed by atoms with van der Waals surface area (Å²) in [5.74, 6) is 2.70. The minimum atomic E-state index is -0.264. The highest BCUT2D eigenvalue weighted by molar-refractivity contribution is 5.11. The molecule has 1 spiro atoms. The molecule has 154 valence electrons. The van der Waals surface area contributed by atoms with E-state index in [1.165, 1.54) is 38.5 Å². The lowest BCUT2D eigenvalue weighted by molar-refractivity contribution is -0.231. The monoisotopic (exact) mass is 378 g/mol. The van der Waals surface area contributed by atoms with Gasteiger partial charge in [0.05, 0.1) is 19.3 Å². The molecule has 4 saturated carbocycles. The average molecular weight is 379 g/mol. The van der Waals surface area contributed by atoms with Crippen molar-refractivity contribution in [3.05, 3.63) is 0 Å². The molecule has 5 fully saturated rings. The van der Waals surface area contributed by atoms with Crippen LogP contribution in [0, 0.1) is 34.5 Å². The van der Waals surface area contributed by atoms with Crippen LogP contribution in [0.3, 0.4) is 0 Å². The van der Waals surface area contributed by atoms with Crippen LogP contribution in [0.25, 0.3) is 0 Å². The Labute approximate surface area is 164 Å². The maximum Gasteiger partial charge on any atom is 0.168 e. The Hall–Kier alpha value is -0.160. The molecule has 0 aromatic rings. The highest BCUT2D eigenvalue weighted by Gasteiger charge is 2.62. The van der Waals surface area contributed by atoms with Crippen molar-refractivity contribution in [3.8, 4) is 0 Å². The van der Waals surface area contributed by atoms with E-state index in [0.29, 0.717) is 11.3 Å². The third-order valence-corrected chi connectivity index (χ3v) is 9.95. The minimum Gasteiger partial charge on any atom is -0.396 e. The lowest BCUT2D eigenvalue weighted by atomic mass is 9.44. The molecule has 27 heavy (non-hydrogen) atoms. The van der Waals surface area contributed by atoms with Gasteiger partial charge in [0.1, 0.15) is 0 Å². The average Bonchev–Trinajstić information content (AvgIpc) is 3.26. The SMILES string of the molecule is C[C@]12CCC3(CC1CCC1C4CC[C@H](O)C4(CCCO)CCC12)OCCO3. The van der Waals surface area contributed by atoms with Crippen molar-refractivity contribution in [2.24, 2.45) is 34.5 Å². The van der Waals surface area contributed by atoms with Crippen LogP contribution < -0.4 is 0 Å². The second kappa shape index (κ2) is 6.68. The molecule has 0 aromatic carbocycles. The molecule has 0 aromatic heterocycles. The molecule has 2 N–H and O–H groups in total. The van der Waals surface area contributed by atoms with Crippen LogP contribution in [0.1, 0.15) is 77.6 Å². The number of rotatable bonds is 3. The van der Waals surface area contributed by atoms with Crippen LogP contribution in [-0.4, -0.2) is 41.9 Å². The van der Waals surface area contributed by atoms with E-state index < -0.39 is 0 Å². The second-order valence-corrected chi connectivity index (χ2v) is 10.7. The molecule has 1 saturated heterocycles. The summed E-state index contributed by atoms with van der Waals surface area (Å²) in [5.41, 5.74) is 0.515. The molecule has 0 amide bonds. The Bertz CT molecular complexity index is 559. The number of aliphatic hydroxyl groups is 2. The fourth-order valence-corrected chi connectivity index (χ4v) is 8.62. The number of aliphatic hydroxyl groups excluding tert-OH is 2. The Kier molecular flexibility index (Phi) is 4.66. The molecule has 4 heteroatoms. The number of ether oxygens (including phenoxy) is 2. The van der Waals surface area contributed by atoms with E-state index >= 15 is 0 Å². The Morgan fingerprint density at radius 2 is 1.74 bits per heavy atom. The van der Waals surface area contributed by atoms with Crippen molar-refractivity contribution in [1.82, 2.24) is 0 Å². The van der Waals surface area contributed by atoms with Gasteiger partial charge in [0, 0.05) is 19.4 Å². The highest BCUT2D eigenvalue weighted by Crippen LogP contribution is 2.68. The predicted molar refractivity (Wildman–Crippen MR) is 103 cm³/mol. The third-order valence-electron chi connectivity index (χ3n) is 9.95. The van der Waals surface area contributed by atoms with Crippen molar-refractivity contribution >= 4 is 0 Å². The van der Waals surface area contributed by atoms with E-state index in [9.17, 15) is 10.2 Å². The van der Waals surface area contributed by atoms with Crippen LogP contribution >= 0.6 is 0 Å². The molecule has 0 bridgehead atoms.